The molecule has 1 aromatic heterocycles. The summed E-state index contributed by atoms with van der Waals surface area (Å²) in [5.41, 5.74) is 3.65. The molecule has 0 amide bonds. The van der Waals surface area contributed by atoms with Crippen LogP contribution in [-0.4, -0.2) is 15.6 Å². The van der Waals surface area contributed by atoms with E-state index in [9.17, 15) is 0 Å². The maximum absolute atomic E-state index is 4.55. The van der Waals surface area contributed by atoms with E-state index >= 15 is 0 Å². The first-order valence-electron chi connectivity index (χ1n) is 5.89. The van der Waals surface area contributed by atoms with Gasteiger partial charge in [-0.3, -0.25) is 0 Å². The van der Waals surface area contributed by atoms with Gasteiger partial charge in [0.25, 0.3) is 0 Å². The van der Waals surface area contributed by atoms with Crippen molar-refractivity contribution >= 4 is 11.0 Å². The van der Waals surface area contributed by atoms with Crippen molar-refractivity contribution < 1.29 is 0 Å². The van der Waals surface area contributed by atoms with Crippen molar-refractivity contribution in [2.45, 2.75) is 32.4 Å². The van der Waals surface area contributed by atoms with E-state index < -0.39 is 0 Å². The second kappa shape index (κ2) is 3.59. The van der Waals surface area contributed by atoms with Gasteiger partial charge in [-0.15, -0.1) is 0 Å². The van der Waals surface area contributed by atoms with Gasteiger partial charge in [-0.1, -0.05) is 6.07 Å². The molecule has 1 N–H and O–H groups in total. The van der Waals surface area contributed by atoms with Crippen molar-refractivity contribution in [2.24, 2.45) is 7.05 Å². The Morgan fingerprint density at radius 1 is 1.44 bits per heavy atom. The van der Waals surface area contributed by atoms with Gasteiger partial charge < -0.3 is 9.88 Å². The largest absolute Gasteiger partial charge is 0.331 e. The summed E-state index contributed by atoms with van der Waals surface area (Å²) >= 11 is 0. The van der Waals surface area contributed by atoms with Crippen molar-refractivity contribution in [1.82, 2.24) is 14.9 Å². The van der Waals surface area contributed by atoms with Crippen LogP contribution in [0, 0.1) is 6.92 Å². The number of hydrogen-bond donors (Lipinski definition) is 1. The molecule has 3 heteroatoms. The summed E-state index contributed by atoms with van der Waals surface area (Å²) in [6.07, 6.45) is 2.68. The third-order valence-electron chi connectivity index (χ3n) is 3.34. The molecule has 0 radical (unpaired) electrons. The molecule has 0 spiro atoms. The van der Waals surface area contributed by atoms with E-state index in [1.807, 2.05) is 6.92 Å². The minimum Gasteiger partial charge on any atom is -0.331 e. The molecule has 1 fully saturated rings. The highest BCUT2D eigenvalue weighted by Gasteiger charge is 2.19. The molecule has 1 aliphatic carbocycles. The van der Waals surface area contributed by atoms with E-state index in [-0.39, 0.29) is 0 Å². The van der Waals surface area contributed by atoms with E-state index in [4.69, 9.17) is 0 Å². The molecule has 2 aromatic rings. The fourth-order valence-corrected chi connectivity index (χ4v) is 2.03. The molecular weight excluding hydrogens is 198 g/mol. The lowest BCUT2D eigenvalue weighted by Gasteiger charge is -2.03. The predicted molar refractivity (Wildman–Crippen MR) is 65.3 cm³/mol. The lowest BCUT2D eigenvalue weighted by atomic mass is 10.2. The second-order valence-electron chi connectivity index (χ2n) is 4.70. The minimum atomic E-state index is 0.765. The van der Waals surface area contributed by atoms with Crippen molar-refractivity contribution in [3.8, 4) is 0 Å². The zero-order chi connectivity index (χ0) is 11.1. The van der Waals surface area contributed by atoms with Crippen LogP contribution in [0.5, 0.6) is 0 Å². The second-order valence-corrected chi connectivity index (χ2v) is 4.70. The molecule has 84 valence electrons. The normalized spacial score (nSPS) is 15.9. The van der Waals surface area contributed by atoms with Crippen LogP contribution in [-0.2, 0) is 13.6 Å². The van der Waals surface area contributed by atoms with Gasteiger partial charge in [0.05, 0.1) is 11.0 Å². The van der Waals surface area contributed by atoms with Crippen LogP contribution in [0.2, 0.25) is 0 Å². The van der Waals surface area contributed by atoms with Crippen LogP contribution in [0.4, 0.5) is 0 Å². The molecule has 1 aliphatic rings. The number of rotatable bonds is 3. The standard InChI is InChI=1S/C13H17N3/c1-9-15-12-7-10(8-14-11-4-5-11)3-6-13(12)16(9)2/h3,6-7,11,14H,4-5,8H2,1-2H3. The van der Waals surface area contributed by atoms with Crippen LogP contribution in [0.3, 0.4) is 0 Å². The van der Waals surface area contributed by atoms with Crippen LogP contribution in [0.15, 0.2) is 18.2 Å². The van der Waals surface area contributed by atoms with Gasteiger partial charge >= 0.3 is 0 Å². The summed E-state index contributed by atoms with van der Waals surface area (Å²) in [7, 11) is 2.06. The number of benzene rings is 1. The smallest absolute Gasteiger partial charge is 0.106 e. The average Bonchev–Trinajstić information content (AvgIpc) is 3.05. The fourth-order valence-electron chi connectivity index (χ4n) is 2.03. The quantitative estimate of drug-likeness (QED) is 0.850. The number of nitrogens with zero attached hydrogens (tertiary/aromatic N) is 2. The summed E-state index contributed by atoms with van der Waals surface area (Å²) in [5, 5.41) is 3.52. The fraction of sp³-hybridized carbons (Fsp3) is 0.462. The van der Waals surface area contributed by atoms with Gasteiger partial charge in [0.2, 0.25) is 0 Å². The van der Waals surface area contributed by atoms with E-state index in [0.29, 0.717) is 0 Å². The van der Waals surface area contributed by atoms with Gasteiger partial charge in [0.15, 0.2) is 0 Å². The number of hydrogen-bond acceptors (Lipinski definition) is 2. The molecule has 3 rings (SSSR count). The zero-order valence-electron chi connectivity index (χ0n) is 9.83. The average molecular weight is 215 g/mol. The molecular formula is C13H17N3. The van der Waals surface area contributed by atoms with Crippen LogP contribution < -0.4 is 5.32 Å². The maximum atomic E-state index is 4.55. The van der Waals surface area contributed by atoms with Crippen LogP contribution in [0.1, 0.15) is 24.2 Å². The van der Waals surface area contributed by atoms with Gasteiger partial charge in [-0.25, -0.2) is 4.98 Å². The minimum absolute atomic E-state index is 0.765. The molecule has 0 aliphatic heterocycles. The topological polar surface area (TPSA) is 29.9 Å². The van der Waals surface area contributed by atoms with Crippen molar-refractivity contribution in [3.05, 3.63) is 29.6 Å². The molecule has 0 unspecified atom stereocenters. The number of aromatic nitrogens is 2. The van der Waals surface area contributed by atoms with Crippen LogP contribution in [0.25, 0.3) is 11.0 Å². The summed E-state index contributed by atoms with van der Waals surface area (Å²) in [4.78, 5) is 4.55. The Balaban J connectivity index is 1.89. The monoisotopic (exact) mass is 215 g/mol. The molecule has 0 saturated heterocycles. The highest BCUT2D eigenvalue weighted by molar-refractivity contribution is 5.76. The third kappa shape index (κ3) is 1.71. The maximum Gasteiger partial charge on any atom is 0.106 e. The van der Waals surface area contributed by atoms with Crippen LogP contribution >= 0.6 is 0 Å². The van der Waals surface area contributed by atoms with Crippen molar-refractivity contribution in [1.29, 1.82) is 0 Å². The summed E-state index contributed by atoms with van der Waals surface area (Å²) in [6, 6.07) is 7.32. The number of aryl methyl sites for hydroxylation is 2. The Hall–Kier alpha value is -1.35. The Kier molecular flexibility index (Phi) is 2.21. The van der Waals surface area contributed by atoms with Gasteiger partial charge in [-0.05, 0) is 37.5 Å². The molecule has 0 atom stereocenters. The molecule has 3 nitrogen and oxygen atoms in total. The van der Waals surface area contributed by atoms with Gasteiger partial charge in [0.1, 0.15) is 5.82 Å². The Morgan fingerprint density at radius 3 is 3.00 bits per heavy atom. The summed E-state index contributed by atoms with van der Waals surface area (Å²) in [6.45, 7) is 3.01. The first-order valence-corrected chi connectivity index (χ1v) is 5.89. The highest BCUT2D eigenvalue weighted by Crippen LogP contribution is 2.20. The van der Waals surface area contributed by atoms with E-state index in [0.717, 1.165) is 23.9 Å². The molecule has 1 heterocycles. The lowest BCUT2D eigenvalue weighted by molar-refractivity contribution is 0.688. The molecule has 1 aromatic carbocycles. The van der Waals surface area contributed by atoms with Crippen molar-refractivity contribution in [3.63, 3.8) is 0 Å². The number of nitrogens with one attached hydrogen (secondary N) is 1. The first kappa shape index (κ1) is 9.85. The molecule has 0 bridgehead atoms. The summed E-state index contributed by atoms with van der Waals surface area (Å²) < 4.78 is 2.13. The van der Waals surface area contributed by atoms with Gasteiger partial charge in [-0.2, -0.15) is 0 Å². The summed E-state index contributed by atoms with van der Waals surface area (Å²) in [5.74, 6) is 1.07. The Morgan fingerprint density at radius 2 is 2.25 bits per heavy atom. The van der Waals surface area contributed by atoms with E-state index in [1.165, 1.54) is 23.9 Å². The highest BCUT2D eigenvalue weighted by atomic mass is 15.0. The zero-order valence-corrected chi connectivity index (χ0v) is 9.83. The van der Waals surface area contributed by atoms with Crippen molar-refractivity contribution in [2.75, 3.05) is 0 Å². The predicted octanol–water partition coefficient (Wildman–Crippen LogP) is 2.13. The molecule has 16 heavy (non-hydrogen) atoms. The number of fused-ring (bicyclic) bond motifs is 1. The third-order valence-corrected chi connectivity index (χ3v) is 3.34. The lowest BCUT2D eigenvalue weighted by Crippen LogP contribution is -2.15. The Bertz CT molecular complexity index is 523. The van der Waals surface area contributed by atoms with Gasteiger partial charge in [0, 0.05) is 19.6 Å². The van der Waals surface area contributed by atoms with E-state index in [2.05, 4.69) is 40.1 Å². The number of imidazole rings is 1. The SMILES string of the molecule is Cc1nc2cc(CNC3CC3)ccc2n1C. The molecule has 1 saturated carbocycles. The Labute approximate surface area is 95.5 Å². The van der Waals surface area contributed by atoms with E-state index in [1.54, 1.807) is 0 Å². The first-order chi connectivity index (χ1) is 7.74.